The first kappa shape index (κ1) is 14.5. The van der Waals surface area contributed by atoms with Crippen LogP contribution in [-0.2, 0) is 6.54 Å². The second-order valence-electron chi connectivity index (χ2n) is 4.37. The average molecular weight is 339 g/mol. The molecule has 0 spiro atoms. The van der Waals surface area contributed by atoms with Crippen molar-refractivity contribution in [2.24, 2.45) is 0 Å². The van der Waals surface area contributed by atoms with Crippen LogP contribution in [0.4, 0.5) is 15.8 Å². The lowest BCUT2D eigenvalue weighted by atomic mass is 10.1. The Labute approximate surface area is 123 Å². The lowest BCUT2D eigenvalue weighted by molar-refractivity contribution is -0.387. The third kappa shape index (κ3) is 3.33. The van der Waals surface area contributed by atoms with Crippen molar-refractivity contribution >= 4 is 27.3 Å². The maximum Gasteiger partial charge on any atom is 0.304 e. The Kier molecular flexibility index (Phi) is 4.34. The fourth-order valence-electron chi connectivity index (χ4n) is 1.76. The molecule has 0 fully saturated rings. The van der Waals surface area contributed by atoms with E-state index in [-0.39, 0.29) is 0 Å². The van der Waals surface area contributed by atoms with Gasteiger partial charge in [0.1, 0.15) is 0 Å². The van der Waals surface area contributed by atoms with E-state index in [1.807, 2.05) is 25.1 Å². The van der Waals surface area contributed by atoms with Crippen LogP contribution in [0.15, 0.2) is 40.9 Å². The fraction of sp³-hybridized carbons (Fsp3) is 0.143. The van der Waals surface area contributed by atoms with Crippen LogP contribution in [0.25, 0.3) is 0 Å². The Morgan fingerprint density at radius 2 is 2.05 bits per heavy atom. The number of hydrogen-bond acceptors (Lipinski definition) is 3. The first-order valence-corrected chi connectivity index (χ1v) is 6.69. The molecule has 0 aliphatic heterocycles. The maximum atomic E-state index is 13.5. The molecule has 0 saturated carbocycles. The summed E-state index contributed by atoms with van der Waals surface area (Å²) >= 11 is 3.46. The second kappa shape index (κ2) is 6.00. The van der Waals surface area contributed by atoms with Crippen molar-refractivity contribution < 1.29 is 9.31 Å². The van der Waals surface area contributed by atoms with E-state index in [1.54, 1.807) is 0 Å². The fourth-order valence-corrected chi connectivity index (χ4v) is 2.39. The van der Waals surface area contributed by atoms with Crippen molar-refractivity contribution in [2.45, 2.75) is 13.5 Å². The van der Waals surface area contributed by atoms with Gasteiger partial charge in [-0.3, -0.25) is 10.1 Å². The van der Waals surface area contributed by atoms with Gasteiger partial charge in [0.15, 0.2) is 0 Å². The Hall–Kier alpha value is -1.95. The summed E-state index contributed by atoms with van der Waals surface area (Å²) in [6.45, 7) is 2.49. The SMILES string of the molecule is Cc1ccc(CNc2ccc([N+](=O)[O-])c(F)c2)c(Br)c1. The van der Waals surface area contributed by atoms with Gasteiger partial charge in [-0.15, -0.1) is 0 Å². The molecule has 0 aliphatic rings. The molecule has 0 heterocycles. The summed E-state index contributed by atoms with van der Waals surface area (Å²) in [4.78, 5) is 9.79. The molecule has 104 valence electrons. The van der Waals surface area contributed by atoms with Crippen molar-refractivity contribution in [1.82, 2.24) is 0 Å². The van der Waals surface area contributed by atoms with Gasteiger partial charge in [-0.2, -0.15) is 4.39 Å². The third-order valence-corrected chi connectivity index (χ3v) is 3.57. The molecule has 1 N–H and O–H groups in total. The number of nitro benzene ring substituents is 1. The van der Waals surface area contributed by atoms with Crippen LogP contribution < -0.4 is 5.32 Å². The molecule has 0 aromatic heterocycles. The first-order valence-electron chi connectivity index (χ1n) is 5.90. The van der Waals surface area contributed by atoms with Gasteiger partial charge in [-0.05, 0) is 30.2 Å². The van der Waals surface area contributed by atoms with Crippen LogP contribution in [0.3, 0.4) is 0 Å². The molecule has 0 amide bonds. The molecule has 4 nitrogen and oxygen atoms in total. The highest BCUT2D eigenvalue weighted by Gasteiger charge is 2.13. The monoisotopic (exact) mass is 338 g/mol. The van der Waals surface area contributed by atoms with Gasteiger partial charge in [0, 0.05) is 28.8 Å². The van der Waals surface area contributed by atoms with Gasteiger partial charge in [0.05, 0.1) is 4.92 Å². The number of hydrogen-bond donors (Lipinski definition) is 1. The molecule has 20 heavy (non-hydrogen) atoms. The van der Waals surface area contributed by atoms with Gasteiger partial charge >= 0.3 is 5.69 Å². The van der Waals surface area contributed by atoms with E-state index in [0.29, 0.717) is 12.2 Å². The summed E-state index contributed by atoms with van der Waals surface area (Å²) in [6.07, 6.45) is 0. The van der Waals surface area contributed by atoms with Crippen molar-refractivity contribution in [3.05, 3.63) is 67.9 Å². The standard InChI is InChI=1S/C14H12BrFN2O2/c1-9-2-3-10(12(15)6-9)8-17-11-4-5-14(18(19)20)13(16)7-11/h2-7,17H,8H2,1H3. The second-order valence-corrected chi connectivity index (χ2v) is 5.23. The van der Waals surface area contributed by atoms with Gasteiger partial charge in [-0.25, -0.2) is 0 Å². The van der Waals surface area contributed by atoms with Crippen LogP contribution in [0, 0.1) is 22.9 Å². The van der Waals surface area contributed by atoms with Gasteiger partial charge in [0.2, 0.25) is 5.82 Å². The van der Waals surface area contributed by atoms with Crippen LogP contribution in [0.1, 0.15) is 11.1 Å². The minimum absolute atomic E-state index is 0.498. The average Bonchev–Trinajstić information content (AvgIpc) is 2.37. The predicted molar refractivity (Wildman–Crippen MR) is 79.3 cm³/mol. The lowest BCUT2D eigenvalue weighted by Crippen LogP contribution is -2.01. The number of anilines is 1. The minimum Gasteiger partial charge on any atom is -0.381 e. The number of halogens is 2. The van der Waals surface area contributed by atoms with Gasteiger partial charge in [-0.1, -0.05) is 28.1 Å². The molecule has 6 heteroatoms. The van der Waals surface area contributed by atoms with E-state index in [9.17, 15) is 14.5 Å². The zero-order valence-electron chi connectivity index (χ0n) is 10.7. The highest BCUT2D eigenvalue weighted by molar-refractivity contribution is 9.10. The van der Waals surface area contributed by atoms with Gasteiger partial charge < -0.3 is 5.32 Å². The molecule has 0 radical (unpaired) electrons. The molecule has 2 rings (SSSR count). The molecule has 0 bridgehead atoms. The van der Waals surface area contributed by atoms with E-state index < -0.39 is 16.4 Å². The van der Waals surface area contributed by atoms with Crippen LogP contribution in [0.5, 0.6) is 0 Å². The number of rotatable bonds is 4. The summed E-state index contributed by atoms with van der Waals surface area (Å²) in [5, 5.41) is 13.6. The van der Waals surface area contributed by atoms with E-state index in [1.165, 1.54) is 6.07 Å². The number of aryl methyl sites for hydroxylation is 1. The van der Waals surface area contributed by atoms with Gasteiger partial charge in [0.25, 0.3) is 0 Å². The zero-order valence-corrected chi connectivity index (χ0v) is 12.3. The molecule has 0 saturated heterocycles. The van der Waals surface area contributed by atoms with Crippen LogP contribution >= 0.6 is 15.9 Å². The number of nitro groups is 1. The first-order chi connectivity index (χ1) is 9.47. The van der Waals surface area contributed by atoms with E-state index >= 15 is 0 Å². The molecular formula is C14H12BrFN2O2. The summed E-state index contributed by atoms with van der Waals surface area (Å²) in [5.41, 5.74) is 2.14. The maximum absolute atomic E-state index is 13.5. The molecule has 0 aliphatic carbocycles. The summed E-state index contributed by atoms with van der Waals surface area (Å²) in [7, 11) is 0. The molecule has 2 aromatic carbocycles. The quantitative estimate of drug-likeness (QED) is 0.663. The van der Waals surface area contributed by atoms with Crippen LogP contribution in [0.2, 0.25) is 0 Å². The molecular weight excluding hydrogens is 327 g/mol. The normalized spacial score (nSPS) is 10.3. The number of nitrogens with one attached hydrogen (secondary N) is 1. The largest absolute Gasteiger partial charge is 0.381 e. The third-order valence-electron chi connectivity index (χ3n) is 2.84. The molecule has 2 aromatic rings. The minimum atomic E-state index is -0.844. The van der Waals surface area contributed by atoms with Crippen molar-refractivity contribution in [3.8, 4) is 0 Å². The summed E-state index contributed by atoms with van der Waals surface area (Å²) in [6, 6.07) is 9.71. The molecule has 0 atom stereocenters. The molecule has 0 unspecified atom stereocenters. The number of nitrogens with zero attached hydrogens (tertiary/aromatic N) is 1. The summed E-state index contributed by atoms with van der Waals surface area (Å²) < 4.78 is 14.4. The van der Waals surface area contributed by atoms with Crippen molar-refractivity contribution in [3.63, 3.8) is 0 Å². The summed E-state index contributed by atoms with van der Waals surface area (Å²) in [5.74, 6) is -0.844. The van der Waals surface area contributed by atoms with E-state index in [0.717, 1.165) is 27.7 Å². The highest BCUT2D eigenvalue weighted by atomic mass is 79.9. The van der Waals surface area contributed by atoms with Crippen LogP contribution in [-0.4, -0.2) is 4.92 Å². The predicted octanol–water partition coefficient (Wildman–Crippen LogP) is 4.42. The highest BCUT2D eigenvalue weighted by Crippen LogP contribution is 2.23. The van der Waals surface area contributed by atoms with E-state index in [4.69, 9.17) is 0 Å². The Morgan fingerprint density at radius 1 is 1.30 bits per heavy atom. The van der Waals surface area contributed by atoms with Crippen molar-refractivity contribution in [1.29, 1.82) is 0 Å². The Morgan fingerprint density at radius 3 is 2.65 bits per heavy atom. The smallest absolute Gasteiger partial charge is 0.304 e. The topological polar surface area (TPSA) is 55.2 Å². The Balaban J connectivity index is 2.11. The zero-order chi connectivity index (χ0) is 14.7. The van der Waals surface area contributed by atoms with Crippen molar-refractivity contribution in [2.75, 3.05) is 5.32 Å². The van der Waals surface area contributed by atoms with E-state index in [2.05, 4.69) is 21.2 Å². The number of benzene rings is 2. The lowest BCUT2D eigenvalue weighted by Gasteiger charge is -2.09. The Bertz CT molecular complexity index is 662.